The number of hydrogen-bond donors (Lipinski definition) is 4. The summed E-state index contributed by atoms with van der Waals surface area (Å²) in [5.41, 5.74) is 0.126. The van der Waals surface area contributed by atoms with E-state index >= 15 is 0 Å². The minimum absolute atomic E-state index is 0.126. The molecule has 0 aromatic carbocycles. The zero-order valence-corrected chi connectivity index (χ0v) is 25.6. The highest BCUT2D eigenvalue weighted by Gasteiger charge is 2.37. The van der Waals surface area contributed by atoms with Crippen molar-refractivity contribution in [3.05, 3.63) is 0 Å². The lowest BCUT2D eigenvalue weighted by Gasteiger charge is -2.43. The Morgan fingerprint density at radius 2 is 1.59 bits per heavy atom. The van der Waals surface area contributed by atoms with Crippen LogP contribution < -0.4 is 10.6 Å². The van der Waals surface area contributed by atoms with Gasteiger partial charge in [0.2, 0.25) is 0 Å². The number of nitrogens with one attached hydrogen (secondary N) is 2. The Hall–Kier alpha value is 0.0900. The van der Waals surface area contributed by atoms with Crippen molar-refractivity contribution >= 4 is 11.6 Å². The molecule has 3 aliphatic carbocycles. The highest BCUT2D eigenvalue weighted by molar-refractivity contribution is 6.20. The van der Waals surface area contributed by atoms with Gasteiger partial charge in [0.15, 0.2) is 0 Å². The monoisotopic (exact) mass is 541 g/mol. The zero-order valence-electron chi connectivity index (χ0n) is 24.9. The molecule has 3 fully saturated rings. The van der Waals surface area contributed by atoms with Crippen molar-refractivity contribution in [1.82, 2.24) is 15.5 Å². The van der Waals surface area contributed by atoms with Gasteiger partial charge < -0.3 is 15.5 Å². The lowest BCUT2D eigenvalue weighted by Crippen LogP contribution is -2.58. The third-order valence-electron chi connectivity index (χ3n) is 9.52. The van der Waals surface area contributed by atoms with Gasteiger partial charge in [-0.1, -0.05) is 41.0 Å². The standard InChI is InChI=1S/C31H60ClN3O2/c1-7-17-35(20-31(5,6)19-23-11-13-26(32)14-12-23)30(37)28(21(2)3)34-29(36)25-10-8-9-24(18-25)22(4)33-27-15-16-27/h21-30,33-34,36-37H,7-20H2,1-6H3/t22?,23?,24?,25?,26?,28-,29?,30?/m1/s1. The van der Waals surface area contributed by atoms with Crippen LogP contribution in [0, 0.1) is 29.1 Å². The molecule has 6 heteroatoms. The van der Waals surface area contributed by atoms with E-state index in [0.717, 1.165) is 57.2 Å². The Balaban J connectivity index is 1.58. The average molecular weight is 542 g/mol. The van der Waals surface area contributed by atoms with Crippen LogP contribution in [0.15, 0.2) is 0 Å². The Morgan fingerprint density at radius 1 is 0.946 bits per heavy atom. The Morgan fingerprint density at radius 3 is 2.19 bits per heavy atom. The van der Waals surface area contributed by atoms with Crippen LogP contribution >= 0.6 is 11.6 Å². The normalized spacial score (nSPS) is 30.9. The summed E-state index contributed by atoms with van der Waals surface area (Å²) in [5, 5.41) is 30.7. The van der Waals surface area contributed by atoms with E-state index in [1.807, 2.05) is 0 Å². The molecule has 3 rings (SSSR count). The maximum atomic E-state index is 11.7. The van der Waals surface area contributed by atoms with Gasteiger partial charge in [-0.15, -0.1) is 11.6 Å². The molecule has 0 aromatic rings. The molecule has 3 aliphatic rings. The number of halogens is 1. The summed E-state index contributed by atoms with van der Waals surface area (Å²) < 4.78 is 0. The lowest BCUT2D eigenvalue weighted by atomic mass is 9.76. The summed E-state index contributed by atoms with van der Waals surface area (Å²) in [6, 6.07) is 1.09. The Labute approximate surface area is 233 Å². The molecular formula is C31H60ClN3O2. The van der Waals surface area contributed by atoms with E-state index in [0.29, 0.717) is 17.3 Å². The number of nitrogens with zero attached hydrogens (tertiary/aromatic N) is 1. The molecular weight excluding hydrogens is 482 g/mol. The van der Waals surface area contributed by atoms with Crippen molar-refractivity contribution in [3.8, 4) is 0 Å². The van der Waals surface area contributed by atoms with Crippen LogP contribution in [-0.4, -0.2) is 64.2 Å². The van der Waals surface area contributed by atoms with Crippen molar-refractivity contribution in [2.45, 2.75) is 155 Å². The molecule has 0 spiro atoms. The van der Waals surface area contributed by atoms with Gasteiger partial charge in [0, 0.05) is 30.6 Å². The molecule has 0 aliphatic heterocycles. The molecule has 6 atom stereocenters. The largest absolute Gasteiger partial charge is 0.378 e. The summed E-state index contributed by atoms with van der Waals surface area (Å²) in [4.78, 5) is 2.28. The molecule has 37 heavy (non-hydrogen) atoms. The topological polar surface area (TPSA) is 67.8 Å². The first kappa shape index (κ1) is 31.6. The molecule has 0 aromatic heterocycles. The first-order valence-electron chi connectivity index (χ1n) is 15.8. The predicted octanol–water partition coefficient (Wildman–Crippen LogP) is 6.11. The second kappa shape index (κ2) is 14.6. The fourth-order valence-electron chi connectivity index (χ4n) is 7.26. The van der Waals surface area contributed by atoms with Crippen LogP contribution in [0.1, 0.15) is 119 Å². The second-order valence-electron chi connectivity index (χ2n) is 14.2. The number of rotatable bonds is 15. The van der Waals surface area contributed by atoms with Crippen LogP contribution in [0.4, 0.5) is 0 Å². The summed E-state index contributed by atoms with van der Waals surface area (Å²) in [6.45, 7) is 15.3. The molecule has 0 radical (unpaired) electrons. The fraction of sp³-hybridized carbons (Fsp3) is 1.00. The molecule has 5 nitrogen and oxygen atoms in total. The molecule has 0 saturated heterocycles. The molecule has 0 amide bonds. The van der Waals surface area contributed by atoms with Gasteiger partial charge in [0.05, 0.1) is 6.04 Å². The van der Waals surface area contributed by atoms with E-state index in [2.05, 4.69) is 57.1 Å². The van der Waals surface area contributed by atoms with Crippen LogP contribution in [0.2, 0.25) is 0 Å². The van der Waals surface area contributed by atoms with Crippen molar-refractivity contribution in [2.24, 2.45) is 29.1 Å². The van der Waals surface area contributed by atoms with Crippen LogP contribution in [0.25, 0.3) is 0 Å². The van der Waals surface area contributed by atoms with Gasteiger partial charge in [-0.2, -0.15) is 0 Å². The maximum absolute atomic E-state index is 11.7. The lowest BCUT2D eigenvalue weighted by molar-refractivity contribution is -0.0761. The van der Waals surface area contributed by atoms with Crippen molar-refractivity contribution in [3.63, 3.8) is 0 Å². The first-order chi connectivity index (χ1) is 17.5. The van der Waals surface area contributed by atoms with Crippen LogP contribution in [-0.2, 0) is 0 Å². The molecule has 5 unspecified atom stereocenters. The van der Waals surface area contributed by atoms with Crippen LogP contribution in [0.5, 0.6) is 0 Å². The summed E-state index contributed by atoms with van der Waals surface area (Å²) in [6.07, 6.45) is 12.9. The second-order valence-corrected chi connectivity index (χ2v) is 14.8. The minimum Gasteiger partial charge on any atom is -0.378 e. The highest BCUT2D eigenvalue weighted by atomic mass is 35.5. The Kier molecular flexibility index (Phi) is 12.5. The molecule has 3 saturated carbocycles. The van der Waals surface area contributed by atoms with Gasteiger partial charge in [0.1, 0.15) is 12.5 Å². The highest BCUT2D eigenvalue weighted by Crippen LogP contribution is 2.37. The van der Waals surface area contributed by atoms with E-state index in [1.54, 1.807) is 0 Å². The number of aliphatic hydroxyl groups excluding tert-OH is 2. The molecule has 4 N–H and O–H groups in total. The number of alkyl halides is 1. The molecule has 218 valence electrons. The van der Waals surface area contributed by atoms with Gasteiger partial charge in [-0.05, 0) is 107 Å². The first-order valence-corrected chi connectivity index (χ1v) is 16.2. The van der Waals surface area contributed by atoms with Crippen molar-refractivity contribution in [2.75, 3.05) is 13.1 Å². The van der Waals surface area contributed by atoms with E-state index in [9.17, 15) is 10.2 Å². The molecule has 0 bridgehead atoms. The Bertz CT molecular complexity index is 650. The van der Waals surface area contributed by atoms with Gasteiger partial charge >= 0.3 is 0 Å². The van der Waals surface area contributed by atoms with E-state index in [4.69, 9.17) is 11.6 Å². The average Bonchev–Trinajstić information content (AvgIpc) is 3.66. The summed E-state index contributed by atoms with van der Waals surface area (Å²) >= 11 is 6.36. The maximum Gasteiger partial charge on any atom is 0.123 e. The van der Waals surface area contributed by atoms with Crippen molar-refractivity contribution in [1.29, 1.82) is 0 Å². The molecule has 0 heterocycles. The van der Waals surface area contributed by atoms with Gasteiger partial charge in [-0.25, -0.2) is 0 Å². The van der Waals surface area contributed by atoms with Gasteiger partial charge in [0.25, 0.3) is 0 Å². The zero-order chi connectivity index (χ0) is 27.2. The van der Waals surface area contributed by atoms with E-state index in [-0.39, 0.29) is 23.3 Å². The third-order valence-corrected chi connectivity index (χ3v) is 9.96. The quantitative estimate of drug-likeness (QED) is 0.149. The fourth-order valence-corrected chi connectivity index (χ4v) is 7.51. The smallest absolute Gasteiger partial charge is 0.123 e. The summed E-state index contributed by atoms with van der Waals surface area (Å²) in [7, 11) is 0. The van der Waals surface area contributed by atoms with Gasteiger partial charge in [-0.3, -0.25) is 10.2 Å². The SMILES string of the molecule is CCCN(CC(C)(C)CC1CCC(Cl)CC1)C(O)[C@H](NC(O)C1CCCC(C(C)NC2CC2)C1)C(C)C. The third kappa shape index (κ3) is 10.2. The summed E-state index contributed by atoms with van der Waals surface area (Å²) in [5.74, 6) is 1.84. The number of aliphatic hydroxyl groups is 2. The predicted molar refractivity (Wildman–Crippen MR) is 157 cm³/mol. The minimum atomic E-state index is -0.609. The number of hydrogen-bond acceptors (Lipinski definition) is 5. The van der Waals surface area contributed by atoms with Crippen LogP contribution in [0.3, 0.4) is 0 Å². The van der Waals surface area contributed by atoms with E-state index < -0.39 is 12.5 Å². The van der Waals surface area contributed by atoms with Crippen molar-refractivity contribution < 1.29 is 10.2 Å². The van der Waals surface area contributed by atoms with E-state index in [1.165, 1.54) is 44.9 Å².